The summed E-state index contributed by atoms with van der Waals surface area (Å²) in [5.74, 6) is 0.446. The van der Waals surface area contributed by atoms with E-state index in [9.17, 15) is 8.42 Å². The Kier molecular flexibility index (Phi) is 4.79. The molecule has 20 heavy (non-hydrogen) atoms. The molecule has 0 aromatic carbocycles. The molecule has 2 rings (SSSR count). The van der Waals surface area contributed by atoms with Crippen LogP contribution in [0.25, 0.3) is 0 Å². The maximum Gasteiger partial charge on any atom is 0.279 e. The smallest absolute Gasteiger partial charge is 0.279 e. The minimum Gasteiger partial charge on any atom is -0.330 e. The quantitative estimate of drug-likeness (QED) is 0.783. The maximum absolute atomic E-state index is 12.2. The van der Waals surface area contributed by atoms with Gasteiger partial charge in [-0.1, -0.05) is 0 Å². The van der Waals surface area contributed by atoms with E-state index in [2.05, 4.69) is 9.82 Å². The summed E-state index contributed by atoms with van der Waals surface area (Å²) in [6, 6.07) is 0. The largest absolute Gasteiger partial charge is 0.330 e. The molecule has 0 aliphatic carbocycles. The van der Waals surface area contributed by atoms with Crippen molar-refractivity contribution in [3.05, 3.63) is 17.5 Å². The SMILES string of the molecule is Cc1c(CNS(=O)(=O)N2CCC(CN)CC2)cnn1C. The van der Waals surface area contributed by atoms with Crippen LogP contribution in [0.15, 0.2) is 6.20 Å². The summed E-state index contributed by atoms with van der Waals surface area (Å²) in [6.07, 6.45) is 3.37. The fraction of sp³-hybridized carbons (Fsp3) is 0.750. The number of rotatable bonds is 5. The third-order valence-corrected chi connectivity index (χ3v) is 5.58. The van der Waals surface area contributed by atoms with Crippen LogP contribution < -0.4 is 10.5 Å². The van der Waals surface area contributed by atoms with Gasteiger partial charge in [0.2, 0.25) is 0 Å². The van der Waals surface area contributed by atoms with Crippen molar-refractivity contribution in [1.82, 2.24) is 18.8 Å². The van der Waals surface area contributed by atoms with Gasteiger partial charge in [0.25, 0.3) is 10.2 Å². The predicted molar refractivity (Wildman–Crippen MR) is 77.1 cm³/mol. The summed E-state index contributed by atoms with van der Waals surface area (Å²) in [5, 5.41) is 4.10. The van der Waals surface area contributed by atoms with Gasteiger partial charge in [0, 0.05) is 37.9 Å². The lowest BCUT2D eigenvalue weighted by Gasteiger charge is -2.30. The van der Waals surface area contributed by atoms with Crippen molar-refractivity contribution in [1.29, 1.82) is 0 Å². The molecule has 2 heterocycles. The number of aryl methyl sites for hydroxylation is 1. The minimum atomic E-state index is -3.42. The average Bonchev–Trinajstić information content (AvgIpc) is 2.77. The number of nitrogens with zero attached hydrogens (tertiary/aromatic N) is 3. The first-order valence-corrected chi connectivity index (χ1v) is 8.30. The number of hydrogen-bond donors (Lipinski definition) is 2. The molecule has 1 aromatic rings. The molecule has 114 valence electrons. The average molecular weight is 301 g/mol. The molecule has 1 aliphatic rings. The highest BCUT2D eigenvalue weighted by Crippen LogP contribution is 2.18. The van der Waals surface area contributed by atoms with Gasteiger partial charge in [-0.05, 0) is 32.2 Å². The summed E-state index contributed by atoms with van der Waals surface area (Å²) in [7, 11) is -1.58. The van der Waals surface area contributed by atoms with Gasteiger partial charge in [0.05, 0.1) is 6.20 Å². The Balaban J connectivity index is 1.93. The summed E-state index contributed by atoms with van der Waals surface area (Å²) in [5.41, 5.74) is 7.48. The van der Waals surface area contributed by atoms with E-state index >= 15 is 0 Å². The molecular formula is C12H23N5O2S. The molecule has 1 fully saturated rings. The van der Waals surface area contributed by atoms with Crippen molar-refractivity contribution in [2.45, 2.75) is 26.3 Å². The van der Waals surface area contributed by atoms with E-state index in [1.165, 1.54) is 4.31 Å². The van der Waals surface area contributed by atoms with E-state index in [0.29, 0.717) is 25.6 Å². The van der Waals surface area contributed by atoms with Gasteiger partial charge in [-0.3, -0.25) is 4.68 Å². The van der Waals surface area contributed by atoms with Crippen LogP contribution in [-0.4, -0.2) is 42.1 Å². The highest BCUT2D eigenvalue weighted by atomic mass is 32.2. The van der Waals surface area contributed by atoms with Crippen LogP contribution in [0.4, 0.5) is 0 Å². The predicted octanol–water partition coefficient (Wildman–Crippen LogP) is -0.266. The molecule has 0 spiro atoms. The molecule has 1 aliphatic heterocycles. The maximum atomic E-state index is 12.2. The highest BCUT2D eigenvalue weighted by Gasteiger charge is 2.27. The lowest BCUT2D eigenvalue weighted by Crippen LogP contribution is -2.45. The molecule has 0 saturated carbocycles. The van der Waals surface area contributed by atoms with Crippen molar-refractivity contribution < 1.29 is 8.42 Å². The van der Waals surface area contributed by atoms with Crippen LogP contribution in [0.3, 0.4) is 0 Å². The Labute approximate surface area is 120 Å². The van der Waals surface area contributed by atoms with Gasteiger partial charge < -0.3 is 5.73 Å². The van der Waals surface area contributed by atoms with Gasteiger partial charge in [0.1, 0.15) is 0 Å². The van der Waals surface area contributed by atoms with E-state index < -0.39 is 10.2 Å². The fourth-order valence-corrected chi connectivity index (χ4v) is 3.58. The zero-order valence-corrected chi connectivity index (χ0v) is 12.9. The summed E-state index contributed by atoms with van der Waals surface area (Å²) in [4.78, 5) is 0. The van der Waals surface area contributed by atoms with Crippen LogP contribution in [0.2, 0.25) is 0 Å². The van der Waals surface area contributed by atoms with E-state index in [-0.39, 0.29) is 6.54 Å². The van der Waals surface area contributed by atoms with E-state index in [1.807, 2.05) is 14.0 Å². The molecule has 3 N–H and O–H groups in total. The number of aromatic nitrogens is 2. The van der Waals surface area contributed by atoms with Gasteiger partial charge >= 0.3 is 0 Å². The normalized spacial score (nSPS) is 18.6. The van der Waals surface area contributed by atoms with Crippen LogP contribution in [0.5, 0.6) is 0 Å². The second-order valence-electron chi connectivity index (χ2n) is 5.28. The lowest BCUT2D eigenvalue weighted by atomic mass is 9.99. The molecule has 0 radical (unpaired) electrons. The standard InChI is InChI=1S/C12H23N5O2S/c1-10-12(8-14-16(10)2)9-15-20(18,19)17-5-3-11(7-13)4-6-17/h8,11,15H,3-7,9,13H2,1-2H3. The van der Waals surface area contributed by atoms with Crippen LogP contribution in [0, 0.1) is 12.8 Å². The van der Waals surface area contributed by atoms with Gasteiger partial charge in [-0.2, -0.15) is 22.5 Å². The molecule has 0 bridgehead atoms. The first-order valence-electron chi connectivity index (χ1n) is 6.86. The van der Waals surface area contributed by atoms with Crippen molar-refractivity contribution >= 4 is 10.2 Å². The van der Waals surface area contributed by atoms with Crippen molar-refractivity contribution in [2.24, 2.45) is 18.7 Å². The van der Waals surface area contributed by atoms with Crippen molar-refractivity contribution in [3.63, 3.8) is 0 Å². The second-order valence-corrected chi connectivity index (χ2v) is 7.04. The first-order chi connectivity index (χ1) is 9.44. The first kappa shape index (κ1) is 15.4. The molecular weight excluding hydrogens is 278 g/mol. The van der Waals surface area contributed by atoms with Gasteiger partial charge in [0.15, 0.2) is 0 Å². The summed E-state index contributed by atoms with van der Waals surface area (Å²) < 4.78 is 30.3. The van der Waals surface area contributed by atoms with Crippen LogP contribution in [0.1, 0.15) is 24.1 Å². The van der Waals surface area contributed by atoms with Crippen molar-refractivity contribution in [3.8, 4) is 0 Å². The zero-order valence-electron chi connectivity index (χ0n) is 12.0. The molecule has 0 atom stereocenters. The third kappa shape index (κ3) is 3.38. The molecule has 1 aromatic heterocycles. The topological polar surface area (TPSA) is 93.2 Å². The van der Waals surface area contributed by atoms with E-state index in [1.54, 1.807) is 10.9 Å². The van der Waals surface area contributed by atoms with E-state index in [0.717, 1.165) is 24.1 Å². The van der Waals surface area contributed by atoms with E-state index in [4.69, 9.17) is 5.73 Å². The molecule has 0 amide bonds. The van der Waals surface area contributed by atoms with Crippen molar-refractivity contribution in [2.75, 3.05) is 19.6 Å². The fourth-order valence-electron chi connectivity index (χ4n) is 2.36. The Hall–Kier alpha value is -0.960. The number of hydrogen-bond acceptors (Lipinski definition) is 4. The number of nitrogens with one attached hydrogen (secondary N) is 1. The number of piperidine rings is 1. The lowest BCUT2D eigenvalue weighted by molar-refractivity contribution is 0.275. The third-order valence-electron chi connectivity index (χ3n) is 4.03. The highest BCUT2D eigenvalue weighted by molar-refractivity contribution is 7.87. The molecule has 0 unspecified atom stereocenters. The molecule has 1 saturated heterocycles. The van der Waals surface area contributed by atoms with Gasteiger partial charge in [-0.15, -0.1) is 0 Å². The zero-order chi connectivity index (χ0) is 14.8. The monoisotopic (exact) mass is 301 g/mol. The molecule has 8 heteroatoms. The Morgan fingerprint density at radius 2 is 2.10 bits per heavy atom. The van der Waals surface area contributed by atoms with Crippen LogP contribution in [-0.2, 0) is 23.8 Å². The summed E-state index contributed by atoms with van der Waals surface area (Å²) >= 11 is 0. The Bertz CT molecular complexity index is 546. The Morgan fingerprint density at radius 3 is 2.60 bits per heavy atom. The minimum absolute atomic E-state index is 0.277. The second kappa shape index (κ2) is 6.21. The Morgan fingerprint density at radius 1 is 1.45 bits per heavy atom. The van der Waals surface area contributed by atoms with Crippen LogP contribution >= 0.6 is 0 Å². The van der Waals surface area contributed by atoms with Gasteiger partial charge in [-0.25, -0.2) is 0 Å². The molecule has 7 nitrogen and oxygen atoms in total. The number of nitrogens with two attached hydrogens (primary N) is 1. The summed E-state index contributed by atoms with van der Waals surface area (Å²) in [6.45, 7) is 3.92.